The Balaban J connectivity index is 2.44. The first kappa shape index (κ1) is 15.0. The first-order valence-electron chi connectivity index (χ1n) is 6.47. The van der Waals surface area contributed by atoms with Crippen molar-refractivity contribution in [3.63, 3.8) is 0 Å². The minimum atomic E-state index is -0.182. The van der Waals surface area contributed by atoms with Gasteiger partial charge in [-0.05, 0) is 27.2 Å². The third-order valence-corrected chi connectivity index (χ3v) is 2.67. The summed E-state index contributed by atoms with van der Waals surface area (Å²) < 4.78 is 12.8. The van der Waals surface area contributed by atoms with E-state index in [1.807, 2.05) is 19.3 Å². The van der Waals surface area contributed by atoms with Crippen molar-refractivity contribution in [3.05, 3.63) is 12.4 Å². The van der Waals surface area contributed by atoms with Gasteiger partial charge < -0.3 is 19.4 Å². The summed E-state index contributed by atoms with van der Waals surface area (Å²) >= 11 is 0. The number of anilines is 1. The summed E-state index contributed by atoms with van der Waals surface area (Å²) in [7, 11) is 1.72. The number of ether oxygens (including phenoxy) is 2. The third kappa shape index (κ3) is 5.06. The van der Waals surface area contributed by atoms with E-state index in [1.165, 1.54) is 0 Å². The van der Waals surface area contributed by atoms with Gasteiger partial charge in [0, 0.05) is 45.8 Å². The highest BCUT2D eigenvalue weighted by Crippen LogP contribution is 2.12. The van der Waals surface area contributed by atoms with E-state index in [0.29, 0.717) is 0 Å². The van der Waals surface area contributed by atoms with Gasteiger partial charge in [0.15, 0.2) is 0 Å². The van der Waals surface area contributed by atoms with Crippen molar-refractivity contribution in [1.29, 1.82) is 0 Å². The lowest BCUT2D eigenvalue weighted by Crippen LogP contribution is -2.34. The Labute approximate surface area is 109 Å². The highest BCUT2D eigenvalue weighted by molar-refractivity contribution is 5.26. The fourth-order valence-electron chi connectivity index (χ4n) is 1.77. The molecule has 0 saturated carbocycles. The van der Waals surface area contributed by atoms with Gasteiger partial charge in [-0.1, -0.05) is 0 Å². The van der Waals surface area contributed by atoms with Crippen LogP contribution < -0.4 is 5.32 Å². The van der Waals surface area contributed by atoms with Crippen LogP contribution in [0, 0.1) is 0 Å². The second-order valence-corrected chi connectivity index (χ2v) is 4.84. The third-order valence-electron chi connectivity index (χ3n) is 2.67. The van der Waals surface area contributed by atoms with Crippen LogP contribution in [0.4, 0.5) is 5.95 Å². The average Bonchev–Trinajstić information content (AvgIpc) is 2.75. The number of methoxy groups -OCH3 is 1. The molecule has 0 saturated heterocycles. The van der Waals surface area contributed by atoms with Crippen molar-refractivity contribution in [3.8, 4) is 0 Å². The Morgan fingerprint density at radius 2 is 2.22 bits per heavy atom. The molecular weight excluding hydrogens is 230 g/mol. The number of aromatic nitrogens is 2. The second-order valence-electron chi connectivity index (χ2n) is 4.84. The number of imidazole rings is 1. The molecule has 1 heterocycles. The molecule has 1 rings (SSSR count). The Morgan fingerprint density at radius 3 is 2.89 bits per heavy atom. The number of rotatable bonds is 9. The largest absolute Gasteiger partial charge is 0.385 e. The van der Waals surface area contributed by atoms with Crippen LogP contribution in [0.15, 0.2) is 12.4 Å². The van der Waals surface area contributed by atoms with Gasteiger partial charge in [-0.2, -0.15) is 0 Å². The molecule has 18 heavy (non-hydrogen) atoms. The van der Waals surface area contributed by atoms with E-state index < -0.39 is 0 Å². The fourth-order valence-corrected chi connectivity index (χ4v) is 1.77. The maximum atomic E-state index is 5.65. The van der Waals surface area contributed by atoms with Gasteiger partial charge in [-0.25, -0.2) is 4.98 Å². The standard InChI is InChI=1S/C13H25N3O2/c1-5-18-13(2,3)11-15-12-14-7-9-16(12)8-6-10-17-4/h7,9H,5-6,8,10-11H2,1-4H3,(H,14,15). The van der Waals surface area contributed by atoms with Crippen LogP contribution in [0.1, 0.15) is 27.2 Å². The normalized spacial score (nSPS) is 11.8. The maximum absolute atomic E-state index is 5.65. The summed E-state index contributed by atoms with van der Waals surface area (Å²) in [5.41, 5.74) is -0.182. The maximum Gasteiger partial charge on any atom is 0.202 e. The Hall–Kier alpha value is -1.07. The zero-order valence-corrected chi connectivity index (χ0v) is 11.9. The fraction of sp³-hybridized carbons (Fsp3) is 0.769. The van der Waals surface area contributed by atoms with E-state index in [1.54, 1.807) is 7.11 Å². The van der Waals surface area contributed by atoms with Gasteiger partial charge >= 0.3 is 0 Å². The monoisotopic (exact) mass is 255 g/mol. The van der Waals surface area contributed by atoms with Crippen molar-refractivity contribution < 1.29 is 9.47 Å². The zero-order chi connectivity index (χ0) is 13.4. The summed E-state index contributed by atoms with van der Waals surface area (Å²) in [5, 5.41) is 3.33. The van der Waals surface area contributed by atoms with Crippen LogP contribution in [0.3, 0.4) is 0 Å². The van der Waals surface area contributed by atoms with Crippen molar-refractivity contribution in [2.75, 3.05) is 32.2 Å². The molecule has 0 fully saturated rings. The molecule has 0 atom stereocenters. The molecule has 0 aromatic carbocycles. The highest BCUT2D eigenvalue weighted by Gasteiger charge is 2.18. The van der Waals surface area contributed by atoms with Crippen LogP contribution in [-0.2, 0) is 16.0 Å². The van der Waals surface area contributed by atoms with E-state index in [2.05, 4.69) is 28.7 Å². The van der Waals surface area contributed by atoms with Crippen LogP contribution in [-0.4, -0.2) is 42.0 Å². The molecule has 0 radical (unpaired) electrons. The molecule has 0 spiro atoms. The zero-order valence-electron chi connectivity index (χ0n) is 11.9. The molecule has 5 nitrogen and oxygen atoms in total. The van der Waals surface area contributed by atoms with Crippen LogP contribution in [0.5, 0.6) is 0 Å². The molecule has 1 aromatic heterocycles. The highest BCUT2D eigenvalue weighted by atomic mass is 16.5. The summed E-state index contributed by atoms with van der Waals surface area (Å²) in [6.07, 6.45) is 4.77. The number of hydrogen-bond acceptors (Lipinski definition) is 4. The van der Waals surface area contributed by atoms with Gasteiger partial charge in [-0.3, -0.25) is 0 Å². The molecule has 5 heteroatoms. The van der Waals surface area contributed by atoms with Gasteiger partial charge in [0.25, 0.3) is 0 Å². The summed E-state index contributed by atoms with van der Waals surface area (Å²) in [6, 6.07) is 0. The first-order valence-corrected chi connectivity index (χ1v) is 6.47. The summed E-state index contributed by atoms with van der Waals surface area (Å²) in [5.74, 6) is 0.888. The minimum absolute atomic E-state index is 0.182. The lowest BCUT2D eigenvalue weighted by molar-refractivity contribution is 0.000538. The Bertz CT molecular complexity index is 337. The van der Waals surface area contributed by atoms with Crippen LogP contribution in [0.2, 0.25) is 0 Å². The molecule has 1 N–H and O–H groups in total. The average molecular weight is 255 g/mol. The molecule has 0 aliphatic carbocycles. The van der Waals surface area contributed by atoms with Gasteiger partial charge in [-0.15, -0.1) is 0 Å². The van der Waals surface area contributed by atoms with Crippen molar-refractivity contribution in [2.24, 2.45) is 0 Å². The van der Waals surface area contributed by atoms with Crippen LogP contribution in [0.25, 0.3) is 0 Å². The molecule has 0 aliphatic rings. The molecule has 0 aliphatic heterocycles. The van der Waals surface area contributed by atoms with Gasteiger partial charge in [0.05, 0.1) is 5.60 Å². The van der Waals surface area contributed by atoms with E-state index in [9.17, 15) is 0 Å². The predicted octanol–water partition coefficient (Wildman–Crippen LogP) is 2.15. The number of hydrogen-bond donors (Lipinski definition) is 1. The molecule has 0 amide bonds. The SMILES string of the molecule is CCOC(C)(C)CNc1nccn1CCCOC. The van der Waals surface area contributed by atoms with Crippen LogP contribution >= 0.6 is 0 Å². The van der Waals surface area contributed by atoms with E-state index in [0.717, 1.165) is 38.7 Å². The van der Waals surface area contributed by atoms with E-state index in [4.69, 9.17) is 9.47 Å². The Morgan fingerprint density at radius 1 is 1.44 bits per heavy atom. The predicted molar refractivity (Wildman–Crippen MR) is 72.9 cm³/mol. The molecule has 0 unspecified atom stereocenters. The second kappa shape index (κ2) is 7.38. The summed E-state index contributed by atoms with van der Waals surface area (Å²) in [4.78, 5) is 4.31. The lowest BCUT2D eigenvalue weighted by atomic mass is 10.1. The van der Waals surface area contributed by atoms with Crippen molar-refractivity contribution >= 4 is 5.95 Å². The van der Waals surface area contributed by atoms with Crippen molar-refractivity contribution in [1.82, 2.24) is 9.55 Å². The quantitative estimate of drug-likeness (QED) is 0.687. The number of nitrogens with one attached hydrogen (secondary N) is 1. The molecular formula is C13H25N3O2. The molecule has 1 aromatic rings. The van der Waals surface area contributed by atoms with Gasteiger partial charge in [0.1, 0.15) is 0 Å². The Kier molecular flexibility index (Phi) is 6.15. The topological polar surface area (TPSA) is 48.3 Å². The van der Waals surface area contributed by atoms with Crippen molar-refractivity contribution in [2.45, 2.75) is 39.3 Å². The van der Waals surface area contributed by atoms with Gasteiger partial charge in [0.2, 0.25) is 5.95 Å². The number of aryl methyl sites for hydroxylation is 1. The minimum Gasteiger partial charge on any atom is -0.385 e. The molecule has 104 valence electrons. The summed E-state index contributed by atoms with van der Waals surface area (Å²) in [6.45, 7) is 9.28. The smallest absolute Gasteiger partial charge is 0.202 e. The lowest BCUT2D eigenvalue weighted by Gasteiger charge is -2.25. The number of nitrogens with zero attached hydrogens (tertiary/aromatic N) is 2. The molecule has 0 bridgehead atoms. The van der Waals surface area contributed by atoms with E-state index in [-0.39, 0.29) is 5.60 Å². The van der Waals surface area contributed by atoms with E-state index >= 15 is 0 Å². The first-order chi connectivity index (χ1) is 8.59.